The largest absolute Gasteiger partial charge is 0.573 e. The molecule has 200 valence electrons. The lowest BCUT2D eigenvalue weighted by Crippen LogP contribution is -2.46. The highest BCUT2D eigenvalue weighted by Gasteiger charge is 2.38. The number of halogens is 3. The van der Waals surface area contributed by atoms with E-state index < -0.39 is 24.1 Å². The fourth-order valence-corrected chi connectivity index (χ4v) is 5.57. The molecule has 1 aromatic heterocycles. The SMILES string of the molecule is CC(=O)NC(c1cccc(OC(F)(F)F)c1)c1n[nH]c(C2CC2)c1C(=O)N1CCC(N2CCCC2)CC1. The fraction of sp³-hybridized carbons (Fsp3) is 0.577. The molecule has 3 fully saturated rings. The standard InChI is InChI=1S/C26H32F3N5O3/c1-16(35)30-23(18-5-4-6-20(15-18)37-26(27,28)29)24-21(22(31-32-24)17-7-8-17)25(36)34-13-9-19(10-14-34)33-11-2-3-12-33/h4-6,15,17,19,23H,2-3,7-14H2,1H3,(H,30,35)(H,31,32). The van der Waals surface area contributed by atoms with Crippen LogP contribution in [-0.4, -0.2) is 70.4 Å². The Hall–Kier alpha value is -3.08. The van der Waals surface area contributed by atoms with Crippen LogP contribution in [0.2, 0.25) is 0 Å². The first kappa shape index (κ1) is 25.6. The minimum absolute atomic E-state index is 0.149. The van der Waals surface area contributed by atoms with Crippen molar-refractivity contribution in [1.82, 2.24) is 25.3 Å². The van der Waals surface area contributed by atoms with Crippen LogP contribution in [0.1, 0.15) is 84.7 Å². The second-order valence-electron chi connectivity index (χ2n) is 10.2. The number of H-pyrrole nitrogens is 1. The third kappa shape index (κ3) is 5.92. The van der Waals surface area contributed by atoms with Crippen molar-refractivity contribution in [3.05, 3.63) is 46.8 Å². The molecule has 3 heterocycles. The van der Waals surface area contributed by atoms with Crippen molar-refractivity contribution in [2.45, 2.75) is 69.8 Å². The molecule has 11 heteroatoms. The van der Waals surface area contributed by atoms with Gasteiger partial charge in [-0.2, -0.15) is 5.10 Å². The summed E-state index contributed by atoms with van der Waals surface area (Å²) in [7, 11) is 0. The summed E-state index contributed by atoms with van der Waals surface area (Å²) in [6.07, 6.45) is 1.27. The van der Waals surface area contributed by atoms with Gasteiger partial charge in [-0.3, -0.25) is 14.7 Å². The van der Waals surface area contributed by atoms with E-state index in [4.69, 9.17) is 0 Å². The predicted octanol–water partition coefficient (Wildman–Crippen LogP) is 4.11. The molecule has 0 radical (unpaired) electrons. The maximum Gasteiger partial charge on any atom is 0.573 e. The number of aromatic nitrogens is 2. The number of nitrogens with one attached hydrogen (secondary N) is 2. The maximum atomic E-state index is 13.9. The van der Waals surface area contributed by atoms with Crippen molar-refractivity contribution in [3.63, 3.8) is 0 Å². The molecule has 5 rings (SSSR count). The molecule has 0 bridgehead atoms. The molecule has 1 unspecified atom stereocenters. The van der Waals surface area contributed by atoms with E-state index in [0.29, 0.717) is 36.0 Å². The fourth-order valence-electron chi connectivity index (χ4n) is 5.57. The van der Waals surface area contributed by atoms with Gasteiger partial charge in [0.05, 0.1) is 17.3 Å². The summed E-state index contributed by atoms with van der Waals surface area (Å²) in [5.41, 5.74) is 1.81. The van der Waals surface area contributed by atoms with Crippen LogP contribution < -0.4 is 10.1 Å². The molecule has 2 aromatic rings. The molecule has 1 aliphatic carbocycles. The zero-order chi connectivity index (χ0) is 26.2. The molecule has 2 saturated heterocycles. The average molecular weight is 520 g/mol. The maximum absolute atomic E-state index is 13.9. The number of rotatable bonds is 7. The summed E-state index contributed by atoms with van der Waals surface area (Å²) < 4.78 is 42.6. The minimum atomic E-state index is -4.85. The second-order valence-corrected chi connectivity index (χ2v) is 10.2. The van der Waals surface area contributed by atoms with E-state index in [0.717, 1.165) is 44.5 Å². The number of piperidine rings is 1. The van der Waals surface area contributed by atoms with Crippen LogP contribution in [0.3, 0.4) is 0 Å². The number of nitrogens with zero attached hydrogens (tertiary/aromatic N) is 3. The normalized spacial score (nSPS) is 20.2. The van der Waals surface area contributed by atoms with Crippen LogP contribution in [0.25, 0.3) is 0 Å². The highest BCUT2D eigenvalue weighted by molar-refractivity contribution is 5.97. The Balaban J connectivity index is 1.44. The minimum Gasteiger partial charge on any atom is -0.406 e. The Morgan fingerprint density at radius 2 is 1.81 bits per heavy atom. The van der Waals surface area contributed by atoms with Gasteiger partial charge in [0.15, 0.2) is 0 Å². The van der Waals surface area contributed by atoms with Gasteiger partial charge in [0.2, 0.25) is 5.91 Å². The van der Waals surface area contributed by atoms with Crippen molar-refractivity contribution >= 4 is 11.8 Å². The van der Waals surface area contributed by atoms with Crippen LogP contribution in [0.15, 0.2) is 24.3 Å². The summed E-state index contributed by atoms with van der Waals surface area (Å²) in [6.45, 7) is 4.82. The van der Waals surface area contributed by atoms with Crippen molar-refractivity contribution < 1.29 is 27.5 Å². The van der Waals surface area contributed by atoms with E-state index >= 15 is 0 Å². The van der Waals surface area contributed by atoms with Crippen LogP contribution >= 0.6 is 0 Å². The van der Waals surface area contributed by atoms with E-state index in [9.17, 15) is 22.8 Å². The van der Waals surface area contributed by atoms with Gasteiger partial charge in [-0.1, -0.05) is 12.1 Å². The molecule has 2 aliphatic heterocycles. The Labute approximate surface area is 213 Å². The van der Waals surface area contributed by atoms with E-state index in [1.54, 1.807) is 6.07 Å². The summed E-state index contributed by atoms with van der Waals surface area (Å²) in [6, 6.07) is 4.99. The zero-order valence-corrected chi connectivity index (χ0v) is 20.8. The summed E-state index contributed by atoms with van der Waals surface area (Å²) in [5, 5.41) is 10.2. The quantitative estimate of drug-likeness (QED) is 0.575. The van der Waals surface area contributed by atoms with Crippen LogP contribution in [-0.2, 0) is 4.79 Å². The van der Waals surface area contributed by atoms with Gasteiger partial charge >= 0.3 is 6.36 Å². The van der Waals surface area contributed by atoms with E-state index in [1.165, 1.54) is 38.0 Å². The lowest BCUT2D eigenvalue weighted by atomic mass is 9.96. The van der Waals surface area contributed by atoms with Crippen molar-refractivity contribution in [3.8, 4) is 5.75 Å². The van der Waals surface area contributed by atoms with Crippen LogP contribution in [0.5, 0.6) is 5.75 Å². The Morgan fingerprint density at radius 3 is 2.43 bits per heavy atom. The number of carbonyl (C=O) groups excluding carboxylic acids is 2. The van der Waals surface area contributed by atoms with Gasteiger partial charge in [0.25, 0.3) is 5.91 Å². The van der Waals surface area contributed by atoms with Crippen molar-refractivity contribution in [1.29, 1.82) is 0 Å². The second kappa shape index (κ2) is 10.4. The molecular weight excluding hydrogens is 487 g/mol. The number of amides is 2. The number of ether oxygens (including phenoxy) is 1. The van der Waals surface area contributed by atoms with Crippen LogP contribution in [0, 0.1) is 0 Å². The monoisotopic (exact) mass is 519 g/mol. The van der Waals surface area contributed by atoms with Gasteiger partial charge in [-0.15, -0.1) is 13.2 Å². The zero-order valence-electron chi connectivity index (χ0n) is 20.8. The van der Waals surface area contributed by atoms with E-state index in [2.05, 4.69) is 25.2 Å². The average Bonchev–Trinajstić information content (AvgIpc) is 3.36. The van der Waals surface area contributed by atoms with Crippen molar-refractivity contribution in [2.75, 3.05) is 26.2 Å². The number of hydrogen-bond donors (Lipinski definition) is 2. The molecule has 8 nitrogen and oxygen atoms in total. The molecule has 2 N–H and O–H groups in total. The summed E-state index contributed by atoms with van der Waals surface area (Å²) in [5.74, 6) is -0.771. The Kier molecular flexibility index (Phi) is 7.15. The predicted molar refractivity (Wildman–Crippen MR) is 129 cm³/mol. The first-order chi connectivity index (χ1) is 17.7. The first-order valence-corrected chi connectivity index (χ1v) is 12.9. The number of aromatic amines is 1. The first-order valence-electron chi connectivity index (χ1n) is 12.9. The van der Waals surface area contributed by atoms with Gasteiger partial charge in [0, 0.05) is 32.0 Å². The molecule has 1 saturated carbocycles. The number of likely N-dealkylation sites (tertiary alicyclic amines) is 2. The molecule has 0 spiro atoms. The summed E-state index contributed by atoms with van der Waals surface area (Å²) in [4.78, 5) is 30.4. The van der Waals surface area contributed by atoms with E-state index in [-0.39, 0.29) is 11.8 Å². The smallest absolute Gasteiger partial charge is 0.406 e. The van der Waals surface area contributed by atoms with Gasteiger partial charge in [0.1, 0.15) is 11.4 Å². The lowest BCUT2D eigenvalue weighted by Gasteiger charge is -2.37. The van der Waals surface area contributed by atoms with Crippen LogP contribution in [0.4, 0.5) is 13.2 Å². The highest BCUT2D eigenvalue weighted by atomic mass is 19.4. The molecule has 3 aliphatic rings. The van der Waals surface area contributed by atoms with Gasteiger partial charge < -0.3 is 19.9 Å². The highest BCUT2D eigenvalue weighted by Crippen LogP contribution is 2.43. The van der Waals surface area contributed by atoms with E-state index in [1.807, 2.05) is 4.90 Å². The van der Waals surface area contributed by atoms with Crippen molar-refractivity contribution in [2.24, 2.45) is 0 Å². The molecule has 37 heavy (non-hydrogen) atoms. The third-order valence-corrected chi connectivity index (χ3v) is 7.48. The Bertz CT molecular complexity index is 1130. The molecular formula is C26H32F3N5O3. The topological polar surface area (TPSA) is 90.6 Å². The molecule has 2 amide bonds. The molecule has 1 atom stereocenters. The summed E-state index contributed by atoms with van der Waals surface area (Å²) >= 11 is 0. The number of benzene rings is 1. The number of carbonyl (C=O) groups is 2. The van der Waals surface area contributed by atoms with Gasteiger partial charge in [-0.05, 0) is 69.3 Å². The number of alkyl halides is 3. The van der Waals surface area contributed by atoms with Gasteiger partial charge in [-0.25, -0.2) is 0 Å². The molecule has 1 aromatic carbocycles. The Morgan fingerprint density at radius 1 is 1.11 bits per heavy atom. The number of hydrogen-bond acceptors (Lipinski definition) is 5. The lowest BCUT2D eigenvalue weighted by molar-refractivity contribution is -0.274. The third-order valence-electron chi connectivity index (χ3n) is 7.48.